The molecule has 60 valence electrons. The van der Waals surface area contributed by atoms with Crippen LogP contribution in [0.4, 0.5) is 5.69 Å². The lowest BCUT2D eigenvalue weighted by atomic mass is 10.2. The Morgan fingerprint density at radius 1 is 1.25 bits per heavy atom. The second-order valence-corrected chi connectivity index (χ2v) is 2.40. The maximum absolute atomic E-state index is 4.85. The molecule has 3 heteroatoms. The van der Waals surface area contributed by atoms with Crippen LogP contribution in [0.1, 0.15) is 5.56 Å². The average Bonchev–Trinajstić information content (AvgIpc) is 2.06. The number of oxime groups is 1. The minimum atomic E-state index is 0.435. The molecule has 0 aromatic heterocycles. The topological polar surface area (TPSA) is 34.0 Å². The normalized spacial score (nSPS) is 14.3. The summed E-state index contributed by atoms with van der Waals surface area (Å²) in [6, 6.07) is 7.79. The van der Waals surface area contributed by atoms with E-state index in [9.17, 15) is 0 Å². The Hall–Kier alpha value is -1.64. The summed E-state index contributed by atoms with van der Waals surface area (Å²) >= 11 is 0. The summed E-state index contributed by atoms with van der Waals surface area (Å²) in [7, 11) is 0. The lowest BCUT2D eigenvalue weighted by Crippen LogP contribution is -1.93. The number of hydrogen-bond donors (Lipinski definition) is 0. The van der Waals surface area contributed by atoms with Gasteiger partial charge in [-0.15, -0.1) is 0 Å². The van der Waals surface area contributed by atoms with Crippen molar-refractivity contribution in [2.24, 2.45) is 10.1 Å². The summed E-state index contributed by atoms with van der Waals surface area (Å²) in [6.07, 6.45) is 3.38. The van der Waals surface area contributed by atoms with Crippen molar-refractivity contribution in [2.45, 2.75) is 0 Å². The second-order valence-electron chi connectivity index (χ2n) is 2.40. The van der Waals surface area contributed by atoms with Gasteiger partial charge in [0.15, 0.2) is 6.61 Å². The number of rotatable bonds is 0. The molecule has 2 rings (SSSR count). The van der Waals surface area contributed by atoms with Crippen LogP contribution in [0.3, 0.4) is 0 Å². The molecule has 1 aliphatic rings. The van der Waals surface area contributed by atoms with Gasteiger partial charge in [-0.1, -0.05) is 23.4 Å². The van der Waals surface area contributed by atoms with Crippen LogP contribution in [0, 0.1) is 0 Å². The van der Waals surface area contributed by atoms with Crippen molar-refractivity contribution in [3.63, 3.8) is 0 Å². The largest absolute Gasteiger partial charge is 0.390 e. The second kappa shape index (κ2) is 3.17. The Balaban J connectivity index is 2.48. The van der Waals surface area contributed by atoms with Gasteiger partial charge < -0.3 is 4.84 Å². The van der Waals surface area contributed by atoms with Gasteiger partial charge in [0.05, 0.1) is 11.9 Å². The van der Waals surface area contributed by atoms with Crippen molar-refractivity contribution < 1.29 is 4.84 Å². The molecule has 0 saturated heterocycles. The van der Waals surface area contributed by atoms with Gasteiger partial charge >= 0.3 is 0 Å². The molecular weight excluding hydrogens is 152 g/mol. The third kappa shape index (κ3) is 1.34. The first kappa shape index (κ1) is 7.03. The predicted molar refractivity (Wildman–Crippen MR) is 48.1 cm³/mol. The van der Waals surface area contributed by atoms with Crippen LogP contribution in [-0.4, -0.2) is 19.0 Å². The highest BCUT2D eigenvalue weighted by Gasteiger charge is 1.97. The van der Waals surface area contributed by atoms with E-state index in [0.717, 1.165) is 11.3 Å². The first-order chi connectivity index (χ1) is 5.97. The summed E-state index contributed by atoms with van der Waals surface area (Å²) in [6.45, 7) is 0.435. The standard InChI is InChI=1S/C9H8N2O/c1-2-4-9-8(3-1)7-11-12-6-5-10-9/h1-5,7H,6H2. The fourth-order valence-corrected chi connectivity index (χ4v) is 1.02. The van der Waals surface area contributed by atoms with Crippen molar-refractivity contribution in [2.75, 3.05) is 6.61 Å². The van der Waals surface area contributed by atoms with Crippen molar-refractivity contribution in [1.29, 1.82) is 0 Å². The molecule has 0 N–H and O–H groups in total. The Morgan fingerprint density at radius 3 is 3.17 bits per heavy atom. The molecule has 1 aromatic carbocycles. The van der Waals surface area contributed by atoms with E-state index in [0.29, 0.717) is 6.61 Å². The van der Waals surface area contributed by atoms with E-state index in [1.807, 2.05) is 24.3 Å². The Labute approximate surface area is 70.4 Å². The number of hydrogen-bond acceptors (Lipinski definition) is 3. The van der Waals surface area contributed by atoms with Crippen molar-refractivity contribution in [3.8, 4) is 0 Å². The zero-order valence-electron chi connectivity index (χ0n) is 6.47. The zero-order valence-corrected chi connectivity index (χ0v) is 6.47. The van der Waals surface area contributed by atoms with Gasteiger partial charge in [-0.05, 0) is 6.07 Å². The van der Waals surface area contributed by atoms with Gasteiger partial charge in [-0.2, -0.15) is 0 Å². The first-order valence-corrected chi connectivity index (χ1v) is 3.74. The van der Waals surface area contributed by atoms with Crippen LogP contribution in [0.2, 0.25) is 0 Å². The highest BCUT2D eigenvalue weighted by Crippen LogP contribution is 2.16. The van der Waals surface area contributed by atoms with E-state index < -0.39 is 0 Å². The summed E-state index contributed by atoms with van der Waals surface area (Å²) in [5.41, 5.74) is 1.91. The minimum Gasteiger partial charge on any atom is -0.390 e. The van der Waals surface area contributed by atoms with Crippen LogP contribution in [-0.2, 0) is 4.84 Å². The van der Waals surface area contributed by atoms with Crippen LogP contribution < -0.4 is 0 Å². The van der Waals surface area contributed by atoms with Gasteiger partial charge in [0.25, 0.3) is 0 Å². The van der Waals surface area contributed by atoms with E-state index >= 15 is 0 Å². The lowest BCUT2D eigenvalue weighted by molar-refractivity contribution is 0.189. The maximum atomic E-state index is 4.85. The fraction of sp³-hybridized carbons (Fsp3) is 0.111. The smallest absolute Gasteiger partial charge is 0.152 e. The molecule has 0 aliphatic carbocycles. The highest BCUT2D eigenvalue weighted by molar-refractivity contribution is 5.87. The molecule has 0 bridgehead atoms. The molecule has 0 saturated carbocycles. The number of aliphatic imine (C=N–C) groups is 1. The molecule has 3 nitrogen and oxygen atoms in total. The molecular formula is C9H8N2O. The number of benzene rings is 1. The molecule has 1 aliphatic heterocycles. The summed E-state index contributed by atoms with van der Waals surface area (Å²) in [5.74, 6) is 0. The van der Waals surface area contributed by atoms with Crippen LogP contribution in [0.15, 0.2) is 34.4 Å². The Bertz CT molecular complexity index is 298. The molecule has 0 fully saturated rings. The SMILES string of the molecule is C1=NOCC=Nc2ccccc21. The van der Waals surface area contributed by atoms with E-state index in [2.05, 4.69) is 10.1 Å². The molecule has 12 heavy (non-hydrogen) atoms. The van der Waals surface area contributed by atoms with Gasteiger partial charge in [0.2, 0.25) is 0 Å². The van der Waals surface area contributed by atoms with Crippen molar-refractivity contribution in [3.05, 3.63) is 29.8 Å². The van der Waals surface area contributed by atoms with Gasteiger partial charge in [0.1, 0.15) is 0 Å². The Morgan fingerprint density at radius 2 is 2.17 bits per heavy atom. The fourth-order valence-electron chi connectivity index (χ4n) is 1.02. The maximum Gasteiger partial charge on any atom is 0.152 e. The lowest BCUT2D eigenvalue weighted by Gasteiger charge is -2.01. The van der Waals surface area contributed by atoms with Gasteiger partial charge in [-0.3, -0.25) is 4.99 Å². The van der Waals surface area contributed by atoms with E-state index in [4.69, 9.17) is 4.84 Å². The van der Waals surface area contributed by atoms with E-state index in [1.54, 1.807) is 12.4 Å². The molecule has 0 radical (unpaired) electrons. The monoisotopic (exact) mass is 160 g/mol. The zero-order chi connectivity index (χ0) is 8.23. The quantitative estimate of drug-likeness (QED) is 0.569. The third-order valence-electron chi connectivity index (χ3n) is 1.58. The third-order valence-corrected chi connectivity index (χ3v) is 1.58. The molecule has 0 spiro atoms. The van der Waals surface area contributed by atoms with E-state index in [1.165, 1.54) is 0 Å². The summed E-state index contributed by atoms with van der Waals surface area (Å²) < 4.78 is 0. The van der Waals surface area contributed by atoms with Crippen molar-refractivity contribution in [1.82, 2.24) is 0 Å². The van der Waals surface area contributed by atoms with Gasteiger partial charge in [0, 0.05) is 11.8 Å². The van der Waals surface area contributed by atoms with Crippen molar-refractivity contribution >= 4 is 18.1 Å². The van der Waals surface area contributed by atoms with Crippen LogP contribution >= 0.6 is 0 Å². The van der Waals surface area contributed by atoms with Crippen LogP contribution in [0.5, 0.6) is 0 Å². The average molecular weight is 160 g/mol. The number of para-hydroxylation sites is 1. The highest BCUT2D eigenvalue weighted by atomic mass is 16.6. The molecule has 0 amide bonds. The summed E-state index contributed by atoms with van der Waals surface area (Å²) in [5, 5.41) is 3.76. The van der Waals surface area contributed by atoms with Gasteiger partial charge in [-0.25, -0.2) is 0 Å². The van der Waals surface area contributed by atoms with E-state index in [-0.39, 0.29) is 0 Å². The first-order valence-electron chi connectivity index (χ1n) is 3.74. The molecule has 1 aromatic rings. The summed E-state index contributed by atoms with van der Waals surface area (Å²) in [4.78, 5) is 9.06. The number of fused-ring (bicyclic) bond motifs is 1. The molecule has 0 atom stereocenters. The Kier molecular flexibility index (Phi) is 1.86. The number of nitrogens with zero attached hydrogens (tertiary/aromatic N) is 2. The molecule has 0 unspecified atom stereocenters. The minimum absolute atomic E-state index is 0.435. The predicted octanol–water partition coefficient (Wildman–Crippen LogP) is 1.75. The van der Waals surface area contributed by atoms with Crippen LogP contribution in [0.25, 0.3) is 0 Å². The molecule has 1 heterocycles.